The quantitative estimate of drug-likeness (QED) is 0.139. The van der Waals surface area contributed by atoms with E-state index in [1.165, 1.54) is 103 Å². The predicted molar refractivity (Wildman–Crippen MR) is 139 cm³/mol. The van der Waals surface area contributed by atoms with E-state index in [0.717, 1.165) is 32.3 Å². The van der Waals surface area contributed by atoms with Crippen LogP contribution in [0.5, 0.6) is 0 Å². The molecule has 0 aromatic carbocycles. The van der Waals surface area contributed by atoms with Crippen LogP contribution in [-0.4, -0.2) is 24.9 Å². The standard InChI is InChI=1S/C29H60O2/c1-7-11-14-16-18-19-21-23-27-31-28(5,24-10-4)29(30-6,25-13-9-3)26-22-20-17-15-12-8-2/h7-27H2,1-6H3. The molecule has 31 heavy (non-hydrogen) atoms. The van der Waals surface area contributed by atoms with Crippen molar-refractivity contribution in [3.63, 3.8) is 0 Å². The molecule has 0 saturated carbocycles. The molecule has 0 heterocycles. The Morgan fingerprint density at radius 1 is 0.484 bits per heavy atom. The second-order valence-corrected chi connectivity index (χ2v) is 10.1. The van der Waals surface area contributed by atoms with Crippen LogP contribution in [0.4, 0.5) is 0 Å². The van der Waals surface area contributed by atoms with Gasteiger partial charge >= 0.3 is 0 Å². The third-order valence-corrected chi connectivity index (χ3v) is 7.37. The summed E-state index contributed by atoms with van der Waals surface area (Å²) in [6.07, 6.45) is 25.8. The Labute approximate surface area is 197 Å². The number of methoxy groups -OCH3 is 1. The van der Waals surface area contributed by atoms with Crippen LogP contribution in [0, 0.1) is 0 Å². The van der Waals surface area contributed by atoms with Gasteiger partial charge in [-0.15, -0.1) is 0 Å². The molecule has 0 amide bonds. The van der Waals surface area contributed by atoms with Crippen molar-refractivity contribution in [2.45, 2.75) is 174 Å². The number of hydrogen-bond acceptors (Lipinski definition) is 2. The molecular formula is C29H60O2. The van der Waals surface area contributed by atoms with Gasteiger partial charge in [0.2, 0.25) is 0 Å². The van der Waals surface area contributed by atoms with Gasteiger partial charge in [0.25, 0.3) is 0 Å². The summed E-state index contributed by atoms with van der Waals surface area (Å²) in [5.41, 5.74) is -0.305. The largest absolute Gasteiger partial charge is 0.375 e. The van der Waals surface area contributed by atoms with Crippen molar-refractivity contribution >= 4 is 0 Å². The normalized spacial score (nSPS) is 15.7. The molecule has 2 heteroatoms. The average molecular weight is 441 g/mol. The SMILES string of the molecule is CCCCCCCCCCOC(C)(CCC)C(CCCC)(CCCCCCCC)OC. The zero-order chi connectivity index (χ0) is 23.3. The first-order valence-corrected chi connectivity index (χ1v) is 14.2. The molecule has 2 nitrogen and oxygen atoms in total. The van der Waals surface area contributed by atoms with E-state index in [0.29, 0.717) is 0 Å². The zero-order valence-electron chi connectivity index (χ0n) is 22.7. The molecule has 0 fully saturated rings. The van der Waals surface area contributed by atoms with E-state index in [2.05, 4.69) is 34.6 Å². The lowest BCUT2D eigenvalue weighted by Crippen LogP contribution is -2.55. The summed E-state index contributed by atoms with van der Waals surface area (Å²) in [6.45, 7) is 12.4. The molecule has 0 N–H and O–H groups in total. The molecule has 188 valence electrons. The lowest BCUT2D eigenvalue weighted by atomic mass is 9.74. The highest BCUT2D eigenvalue weighted by molar-refractivity contribution is 4.99. The average Bonchev–Trinajstić information content (AvgIpc) is 2.77. The molecular weight excluding hydrogens is 380 g/mol. The van der Waals surface area contributed by atoms with Crippen molar-refractivity contribution in [2.24, 2.45) is 0 Å². The number of unbranched alkanes of at least 4 members (excludes halogenated alkanes) is 13. The summed E-state index contributed by atoms with van der Waals surface area (Å²) in [5.74, 6) is 0. The van der Waals surface area contributed by atoms with Crippen molar-refractivity contribution in [3.8, 4) is 0 Å². The van der Waals surface area contributed by atoms with E-state index in [1.54, 1.807) is 0 Å². The maximum Gasteiger partial charge on any atom is 0.0964 e. The third kappa shape index (κ3) is 13.3. The summed E-state index contributed by atoms with van der Waals surface area (Å²) < 4.78 is 13.1. The molecule has 0 aromatic heterocycles. The van der Waals surface area contributed by atoms with Crippen LogP contribution in [-0.2, 0) is 9.47 Å². The smallest absolute Gasteiger partial charge is 0.0964 e. The van der Waals surface area contributed by atoms with E-state index >= 15 is 0 Å². The maximum absolute atomic E-state index is 6.74. The van der Waals surface area contributed by atoms with Gasteiger partial charge in [0.05, 0.1) is 11.2 Å². The molecule has 2 unspecified atom stereocenters. The molecule has 0 rings (SSSR count). The monoisotopic (exact) mass is 440 g/mol. The number of hydrogen-bond donors (Lipinski definition) is 0. The predicted octanol–water partition coefficient (Wildman–Crippen LogP) is 10.0. The molecule has 0 radical (unpaired) electrons. The minimum Gasteiger partial charge on any atom is -0.375 e. The summed E-state index contributed by atoms with van der Waals surface area (Å²) in [6, 6.07) is 0. The Morgan fingerprint density at radius 3 is 1.42 bits per heavy atom. The summed E-state index contributed by atoms with van der Waals surface area (Å²) in [7, 11) is 1.94. The fourth-order valence-electron chi connectivity index (χ4n) is 5.17. The molecule has 0 saturated heterocycles. The van der Waals surface area contributed by atoms with Gasteiger partial charge in [-0.3, -0.25) is 0 Å². The van der Waals surface area contributed by atoms with E-state index in [4.69, 9.17) is 9.47 Å². The highest BCUT2D eigenvalue weighted by atomic mass is 16.6. The van der Waals surface area contributed by atoms with Gasteiger partial charge in [0.15, 0.2) is 0 Å². The van der Waals surface area contributed by atoms with E-state index in [9.17, 15) is 0 Å². The molecule has 2 atom stereocenters. The second-order valence-electron chi connectivity index (χ2n) is 10.1. The van der Waals surface area contributed by atoms with Crippen LogP contribution >= 0.6 is 0 Å². The molecule has 0 aliphatic rings. The van der Waals surface area contributed by atoms with Crippen LogP contribution in [0.3, 0.4) is 0 Å². The molecule has 0 aromatic rings. The van der Waals surface area contributed by atoms with Crippen LogP contribution < -0.4 is 0 Å². The Hall–Kier alpha value is -0.0800. The first-order valence-electron chi connectivity index (χ1n) is 14.2. The minimum atomic E-state index is -0.170. The Balaban J connectivity index is 4.75. The topological polar surface area (TPSA) is 18.5 Å². The Kier molecular flexibility index (Phi) is 20.5. The van der Waals surface area contributed by atoms with Crippen molar-refractivity contribution in [1.29, 1.82) is 0 Å². The van der Waals surface area contributed by atoms with Crippen LogP contribution in [0.1, 0.15) is 163 Å². The molecule has 0 bridgehead atoms. The van der Waals surface area contributed by atoms with Gasteiger partial charge in [-0.1, -0.05) is 130 Å². The number of ether oxygens (including phenoxy) is 2. The lowest BCUT2D eigenvalue weighted by molar-refractivity contribution is -0.202. The highest BCUT2D eigenvalue weighted by Gasteiger charge is 2.48. The van der Waals surface area contributed by atoms with Crippen molar-refractivity contribution in [3.05, 3.63) is 0 Å². The Morgan fingerprint density at radius 2 is 0.935 bits per heavy atom. The third-order valence-electron chi connectivity index (χ3n) is 7.37. The van der Waals surface area contributed by atoms with Crippen LogP contribution in [0.15, 0.2) is 0 Å². The molecule has 0 spiro atoms. The highest BCUT2D eigenvalue weighted by Crippen LogP contribution is 2.42. The number of rotatable bonds is 24. The first-order chi connectivity index (χ1) is 15.1. The first kappa shape index (κ1) is 30.9. The van der Waals surface area contributed by atoms with Gasteiger partial charge < -0.3 is 9.47 Å². The fraction of sp³-hybridized carbons (Fsp3) is 1.00. The Bertz CT molecular complexity index is 370. The van der Waals surface area contributed by atoms with E-state index in [1.807, 2.05) is 7.11 Å². The summed E-state index contributed by atoms with van der Waals surface area (Å²) >= 11 is 0. The molecule has 0 aliphatic carbocycles. The minimum absolute atomic E-state index is 0.135. The van der Waals surface area contributed by atoms with Crippen molar-refractivity contribution in [2.75, 3.05) is 13.7 Å². The second kappa shape index (κ2) is 20.5. The van der Waals surface area contributed by atoms with Gasteiger partial charge in [-0.05, 0) is 32.6 Å². The van der Waals surface area contributed by atoms with Crippen molar-refractivity contribution in [1.82, 2.24) is 0 Å². The molecule has 0 aliphatic heterocycles. The van der Waals surface area contributed by atoms with Gasteiger partial charge in [-0.2, -0.15) is 0 Å². The zero-order valence-corrected chi connectivity index (χ0v) is 22.7. The maximum atomic E-state index is 6.74. The van der Waals surface area contributed by atoms with Crippen LogP contribution in [0.2, 0.25) is 0 Å². The van der Waals surface area contributed by atoms with Gasteiger partial charge in [-0.25, -0.2) is 0 Å². The van der Waals surface area contributed by atoms with E-state index in [-0.39, 0.29) is 11.2 Å². The fourth-order valence-corrected chi connectivity index (χ4v) is 5.17. The van der Waals surface area contributed by atoms with Crippen molar-refractivity contribution < 1.29 is 9.47 Å². The van der Waals surface area contributed by atoms with Gasteiger partial charge in [0, 0.05) is 13.7 Å². The lowest BCUT2D eigenvalue weighted by Gasteiger charge is -2.48. The van der Waals surface area contributed by atoms with Crippen LogP contribution in [0.25, 0.3) is 0 Å². The summed E-state index contributed by atoms with van der Waals surface area (Å²) in [4.78, 5) is 0. The van der Waals surface area contributed by atoms with E-state index < -0.39 is 0 Å². The van der Waals surface area contributed by atoms with Gasteiger partial charge in [0.1, 0.15) is 0 Å². The summed E-state index contributed by atoms with van der Waals surface area (Å²) in [5, 5.41) is 0.